The van der Waals surface area contributed by atoms with Gasteiger partial charge in [-0.3, -0.25) is 9.59 Å². The molecular weight excluding hydrogens is 477 g/mol. The van der Waals surface area contributed by atoms with Gasteiger partial charge in [-0.1, -0.05) is 18.5 Å². The third kappa shape index (κ3) is 4.93. The molecule has 1 N–H and O–H groups in total. The number of hydrogen-bond donors (Lipinski definition) is 1. The minimum atomic E-state index is -0.224. The van der Waals surface area contributed by atoms with Gasteiger partial charge in [-0.15, -0.1) is 0 Å². The van der Waals surface area contributed by atoms with E-state index in [0.29, 0.717) is 17.0 Å². The lowest BCUT2D eigenvalue weighted by Crippen LogP contribution is -2.48. The SMILES string of the molecule is CCC(=O)N1CCN(c2ccc(NC(=O)c3cc(I)ccc3Cl)cc2)CC1. The fourth-order valence-corrected chi connectivity index (χ4v) is 3.76. The van der Waals surface area contributed by atoms with E-state index >= 15 is 0 Å². The van der Waals surface area contributed by atoms with Crippen molar-refractivity contribution in [2.75, 3.05) is 36.4 Å². The van der Waals surface area contributed by atoms with Crippen molar-refractivity contribution >= 4 is 57.4 Å². The number of rotatable bonds is 4. The van der Waals surface area contributed by atoms with Crippen LogP contribution in [0.15, 0.2) is 42.5 Å². The number of hydrogen-bond acceptors (Lipinski definition) is 3. The van der Waals surface area contributed by atoms with Gasteiger partial charge in [-0.2, -0.15) is 0 Å². The Labute approximate surface area is 177 Å². The molecule has 1 fully saturated rings. The summed E-state index contributed by atoms with van der Waals surface area (Å²) >= 11 is 8.28. The molecule has 1 saturated heterocycles. The Morgan fingerprint density at radius 2 is 1.74 bits per heavy atom. The average Bonchev–Trinajstić information content (AvgIpc) is 2.70. The van der Waals surface area contributed by atoms with E-state index in [0.717, 1.165) is 41.1 Å². The van der Waals surface area contributed by atoms with Crippen LogP contribution in [-0.2, 0) is 4.79 Å². The van der Waals surface area contributed by atoms with Gasteiger partial charge in [0.2, 0.25) is 5.91 Å². The van der Waals surface area contributed by atoms with Gasteiger partial charge < -0.3 is 15.1 Å². The number of piperazine rings is 1. The van der Waals surface area contributed by atoms with Crippen molar-refractivity contribution in [3.05, 3.63) is 56.6 Å². The van der Waals surface area contributed by atoms with Gasteiger partial charge >= 0.3 is 0 Å². The zero-order valence-electron chi connectivity index (χ0n) is 15.0. The molecule has 2 amide bonds. The number of anilines is 2. The first kappa shape index (κ1) is 19.9. The number of carbonyl (C=O) groups is 2. The molecule has 2 aromatic rings. The predicted octanol–water partition coefficient (Wildman–Crippen LogP) is 4.26. The highest BCUT2D eigenvalue weighted by Gasteiger charge is 2.20. The summed E-state index contributed by atoms with van der Waals surface area (Å²) in [5, 5.41) is 3.32. The molecule has 0 spiro atoms. The highest BCUT2D eigenvalue weighted by Crippen LogP contribution is 2.23. The van der Waals surface area contributed by atoms with Crippen molar-refractivity contribution in [2.24, 2.45) is 0 Å². The number of benzene rings is 2. The van der Waals surface area contributed by atoms with E-state index in [9.17, 15) is 9.59 Å². The minimum absolute atomic E-state index is 0.210. The molecule has 2 aromatic carbocycles. The quantitative estimate of drug-likeness (QED) is 0.643. The molecule has 0 saturated carbocycles. The summed E-state index contributed by atoms with van der Waals surface area (Å²) in [6.07, 6.45) is 0.554. The number of halogens is 2. The fourth-order valence-electron chi connectivity index (χ4n) is 3.06. The van der Waals surface area contributed by atoms with Crippen molar-refractivity contribution in [1.82, 2.24) is 4.90 Å². The Kier molecular flexibility index (Phi) is 6.59. The molecule has 1 aliphatic heterocycles. The molecule has 0 aromatic heterocycles. The van der Waals surface area contributed by atoms with Crippen molar-refractivity contribution < 1.29 is 9.59 Å². The van der Waals surface area contributed by atoms with Crippen molar-refractivity contribution in [3.8, 4) is 0 Å². The molecule has 7 heteroatoms. The maximum atomic E-state index is 12.5. The molecule has 142 valence electrons. The van der Waals surface area contributed by atoms with Crippen molar-refractivity contribution in [2.45, 2.75) is 13.3 Å². The van der Waals surface area contributed by atoms with Crippen LogP contribution in [0.25, 0.3) is 0 Å². The molecule has 0 radical (unpaired) electrons. The standard InChI is InChI=1S/C20H21ClIN3O2/c1-2-19(26)25-11-9-24(10-12-25)16-6-4-15(5-7-16)23-20(27)17-13-14(22)3-8-18(17)21/h3-8,13H,2,9-12H2,1H3,(H,23,27). The minimum Gasteiger partial charge on any atom is -0.368 e. The van der Waals surface area contributed by atoms with Gasteiger partial charge in [0.1, 0.15) is 0 Å². The summed E-state index contributed by atoms with van der Waals surface area (Å²) in [5.74, 6) is -0.0140. The Balaban J connectivity index is 1.62. The average molecular weight is 498 g/mol. The Bertz CT molecular complexity index is 834. The number of carbonyl (C=O) groups excluding carboxylic acids is 2. The summed E-state index contributed by atoms with van der Waals surface area (Å²) in [6.45, 7) is 5.02. The Morgan fingerprint density at radius 3 is 2.37 bits per heavy atom. The first-order valence-electron chi connectivity index (χ1n) is 8.87. The topological polar surface area (TPSA) is 52.7 Å². The summed E-state index contributed by atoms with van der Waals surface area (Å²) in [4.78, 5) is 28.4. The van der Waals surface area contributed by atoms with Gasteiger partial charge in [-0.05, 0) is 65.1 Å². The first-order chi connectivity index (χ1) is 13.0. The lowest BCUT2D eigenvalue weighted by Gasteiger charge is -2.36. The van der Waals surface area contributed by atoms with Crippen LogP contribution in [0.2, 0.25) is 5.02 Å². The van der Waals surface area contributed by atoms with Crippen molar-refractivity contribution in [1.29, 1.82) is 0 Å². The van der Waals surface area contributed by atoms with Crippen molar-refractivity contribution in [3.63, 3.8) is 0 Å². The van der Waals surface area contributed by atoms with Crippen LogP contribution in [-0.4, -0.2) is 42.9 Å². The zero-order chi connectivity index (χ0) is 19.4. The summed E-state index contributed by atoms with van der Waals surface area (Å²) in [7, 11) is 0. The highest BCUT2D eigenvalue weighted by molar-refractivity contribution is 14.1. The second kappa shape index (κ2) is 8.93. The molecule has 1 aliphatic rings. The van der Waals surface area contributed by atoms with E-state index in [-0.39, 0.29) is 11.8 Å². The van der Waals surface area contributed by atoms with Gasteiger partial charge in [-0.25, -0.2) is 0 Å². The second-order valence-electron chi connectivity index (χ2n) is 6.35. The van der Waals surface area contributed by atoms with Crippen LogP contribution in [0, 0.1) is 3.57 Å². The lowest BCUT2D eigenvalue weighted by atomic mass is 10.2. The molecule has 3 rings (SSSR count). The monoisotopic (exact) mass is 497 g/mol. The van der Waals surface area contributed by atoms with Crippen LogP contribution < -0.4 is 10.2 Å². The molecular formula is C20H21ClIN3O2. The van der Waals surface area contributed by atoms with Gasteiger partial charge in [0.05, 0.1) is 10.6 Å². The second-order valence-corrected chi connectivity index (χ2v) is 8.00. The predicted molar refractivity (Wildman–Crippen MR) is 118 cm³/mol. The highest BCUT2D eigenvalue weighted by atomic mass is 127. The lowest BCUT2D eigenvalue weighted by molar-refractivity contribution is -0.131. The summed E-state index contributed by atoms with van der Waals surface area (Å²) in [6, 6.07) is 13.1. The van der Waals surface area contributed by atoms with Gasteiger partial charge in [0.25, 0.3) is 5.91 Å². The normalized spacial score (nSPS) is 14.2. The van der Waals surface area contributed by atoms with E-state index < -0.39 is 0 Å². The van der Waals surface area contributed by atoms with Crippen LogP contribution in [0.1, 0.15) is 23.7 Å². The van der Waals surface area contributed by atoms with E-state index in [2.05, 4.69) is 32.8 Å². The summed E-state index contributed by atoms with van der Waals surface area (Å²) in [5.41, 5.74) is 2.27. The molecule has 5 nitrogen and oxygen atoms in total. The van der Waals surface area contributed by atoms with Crippen LogP contribution in [0.5, 0.6) is 0 Å². The maximum Gasteiger partial charge on any atom is 0.257 e. The molecule has 0 unspecified atom stereocenters. The van der Waals surface area contributed by atoms with Crippen LogP contribution >= 0.6 is 34.2 Å². The zero-order valence-corrected chi connectivity index (χ0v) is 18.0. The van der Waals surface area contributed by atoms with Gasteiger partial charge in [0, 0.05) is 47.5 Å². The maximum absolute atomic E-state index is 12.5. The van der Waals surface area contributed by atoms with E-state index in [4.69, 9.17) is 11.6 Å². The van der Waals surface area contributed by atoms with E-state index in [1.165, 1.54) is 0 Å². The fraction of sp³-hybridized carbons (Fsp3) is 0.300. The number of amides is 2. The molecule has 0 aliphatic carbocycles. The third-order valence-electron chi connectivity index (χ3n) is 4.60. The first-order valence-corrected chi connectivity index (χ1v) is 10.3. The number of nitrogens with zero attached hydrogens (tertiary/aromatic N) is 2. The molecule has 27 heavy (non-hydrogen) atoms. The molecule has 0 bridgehead atoms. The summed E-state index contributed by atoms with van der Waals surface area (Å²) < 4.78 is 0.957. The van der Waals surface area contributed by atoms with E-state index in [1.54, 1.807) is 12.1 Å². The Hall–Kier alpha value is -1.80. The largest absolute Gasteiger partial charge is 0.368 e. The van der Waals surface area contributed by atoms with Gasteiger partial charge in [0.15, 0.2) is 0 Å². The number of nitrogens with one attached hydrogen (secondary N) is 1. The third-order valence-corrected chi connectivity index (χ3v) is 5.60. The Morgan fingerprint density at radius 1 is 1.07 bits per heavy atom. The van der Waals surface area contributed by atoms with Crippen LogP contribution in [0.3, 0.4) is 0 Å². The van der Waals surface area contributed by atoms with Crippen LogP contribution in [0.4, 0.5) is 11.4 Å². The van der Waals surface area contributed by atoms with E-state index in [1.807, 2.05) is 42.2 Å². The molecule has 1 heterocycles. The smallest absolute Gasteiger partial charge is 0.257 e. The molecule has 0 atom stereocenters.